The van der Waals surface area contributed by atoms with Gasteiger partial charge in [0, 0.05) is 10.5 Å². The summed E-state index contributed by atoms with van der Waals surface area (Å²) >= 11 is 1.41. The maximum Gasteiger partial charge on any atom is 0.356 e. The molecule has 1 aromatic heterocycles. The van der Waals surface area contributed by atoms with E-state index in [0.29, 0.717) is 17.4 Å². The van der Waals surface area contributed by atoms with Gasteiger partial charge in [-0.25, -0.2) is 4.79 Å². The molecule has 8 nitrogen and oxygen atoms in total. The number of benzene rings is 2. The molecular weight excluding hydrogens is 524 g/mol. The van der Waals surface area contributed by atoms with E-state index in [-0.39, 0.29) is 17.7 Å². The van der Waals surface area contributed by atoms with Crippen LogP contribution in [0.1, 0.15) is 29.0 Å². The van der Waals surface area contributed by atoms with Gasteiger partial charge in [0.15, 0.2) is 6.10 Å². The second-order valence-electron chi connectivity index (χ2n) is 8.90. The van der Waals surface area contributed by atoms with Gasteiger partial charge in [0.25, 0.3) is 5.91 Å². The van der Waals surface area contributed by atoms with E-state index in [2.05, 4.69) is 5.32 Å². The molecular formula is C28H24N2O6S2. The lowest BCUT2D eigenvalue weighted by Crippen LogP contribution is -2.74. The van der Waals surface area contributed by atoms with Crippen molar-refractivity contribution in [3.05, 3.63) is 105 Å². The zero-order valence-corrected chi connectivity index (χ0v) is 21.9. The van der Waals surface area contributed by atoms with Gasteiger partial charge in [-0.05, 0) is 29.5 Å². The maximum absolute atomic E-state index is 13.6. The number of fused-ring (bicyclic) bond motifs is 1. The second-order valence-corrected chi connectivity index (χ2v) is 11.8. The average molecular weight is 549 g/mol. The molecule has 2 aliphatic rings. The third-order valence-electron chi connectivity index (χ3n) is 6.56. The smallest absolute Gasteiger partial charge is 0.356 e. The number of esters is 1. The summed E-state index contributed by atoms with van der Waals surface area (Å²) in [7, 11) is -1.73. The Morgan fingerprint density at radius 2 is 1.68 bits per heavy atom. The van der Waals surface area contributed by atoms with Crippen molar-refractivity contribution in [1.82, 2.24) is 10.2 Å². The number of rotatable bonds is 8. The van der Waals surface area contributed by atoms with Gasteiger partial charge in [0.05, 0.1) is 22.5 Å². The van der Waals surface area contributed by atoms with Crippen LogP contribution in [-0.2, 0) is 41.1 Å². The zero-order valence-electron chi connectivity index (χ0n) is 20.3. The predicted octanol–water partition coefficient (Wildman–Crippen LogP) is 2.88. The maximum atomic E-state index is 13.6. The molecule has 38 heavy (non-hydrogen) atoms. The first-order valence-corrected chi connectivity index (χ1v) is 14.1. The Bertz CT molecular complexity index is 1380. The lowest BCUT2D eigenvalue weighted by Gasteiger charge is -2.50. The van der Waals surface area contributed by atoms with Crippen LogP contribution < -0.4 is 5.32 Å². The third-order valence-corrected chi connectivity index (χ3v) is 9.35. The van der Waals surface area contributed by atoms with Crippen molar-refractivity contribution in [1.29, 1.82) is 0 Å². The van der Waals surface area contributed by atoms with Crippen molar-refractivity contribution in [2.75, 3.05) is 0 Å². The van der Waals surface area contributed by atoms with Gasteiger partial charge in [-0.2, -0.15) is 0 Å². The molecule has 2 amide bonds. The normalized spacial score (nSPS) is 22.5. The summed E-state index contributed by atoms with van der Waals surface area (Å²) in [6, 6.07) is 20.8. The van der Waals surface area contributed by atoms with Crippen LogP contribution in [0.4, 0.5) is 0 Å². The highest BCUT2D eigenvalue weighted by Gasteiger charge is 2.59. The van der Waals surface area contributed by atoms with Crippen molar-refractivity contribution in [2.45, 2.75) is 36.1 Å². The molecule has 0 spiro atoms. The Balaban J connectivity index is 1.43. The van der Waals surface area contributed by atoms with Crippen molar-refractivity contribution in [2.24, 2.45) is 0 Å². The summed E-state index contributed by atoms with van der Waals surface area (Å²) in [5, 5.41) is 2.68. The largest absolute Gasteiger partial charge is 0.448 e. The van der Waals surface area contributed by atoms with Gasteiger partial charge >= 0.3 is 5.97 Å². The molecule has 1 N–H and O–H groups in total. The fourth-order valence-corrected chi connectivity index (χ4v) is 7.06. The zero-order chi connectivity index (χ0) is 26.8. The van der Waals surface area contributed by atoms with Crippen LogP contribution >= 0.6 is 11.3 Å². The quantitative estimate of drug-likeness (QED) is 0.263. The molecule has 1 fully saturated rings. The number of carbonyl (C=O) groups is 4. The molecule has 0 aliphatic carbocycles. The van der Waals surface area contributed by atoms with Crippen molar-refractivity contribution in [3.63, 3.8) is 0 Å². The van der Waals surface area contributed by atoms with Crippen molar-refractivity contribution >= 4 is 46.2 Å². The predicted molar refractivity (Wildman–Crippen MR) is 142 cm³/mol. The van der Waals surface area contributed by atoms with Crippen molar-refractivity contribution < 1.29 is 28.1 Å². The first-order chi connectivity index (χ1) is 18.4. The van der Waals surface area contributed by atoms with Gasteiger partial charge in [0.1, 0.15) is 23.4 Å². The van der Waals surface area contributed by atoms with E-state index in [1.54, 1.807) is 6.92 Å². The fraction of sp³-hybridized carbons (Fsp3) is 0.214. The van der Waals surface area contributed by atoms with Crippen LogP contribution in [-0.4, -0.2) is 49.8 Å². The minimum Gasteiger partial charge on any atom is -0.448 e. The molecule has 0 saturated carbocycles. The molecule has 4 atom stereocenters. The van der Waals surface area contributed by atoms with Gasteiger partial charge in [-0.1, -0.05) is 66.7 Å². The van der Waals surface area contributed by atoms with Crippen LogP contribution in [0.3, 0.4) is 0 Å². The Morgan fingerprint density at radius 1 is 1.05 bits per heavy atom. The highest BCUT2D eigenvalue weighted by atomic mass is 32.2. The SMILES string of the molecule is C[C@@H]1C(C=O)=C(C(=O)OC(c2ccccc2)c2ccccc2)N2C(=O)C(NC(=O)Cc3cccs3)[C@@H]2S1=O. The van der Waals surface area contributed by atoms with Gasteiger partial charge < -0.3 is 10.1 Å². The summed E-state index contributed by atoms with van der Waals surface area (Å²) < 4.78 is 19.2. The lowest BCUT2D eigenvalue weighted by molar-refractivity contribution is -0.155. The van der Waals surface area contributed by atoms with Crippen LogP contribution in [0.5, 0.6) is 0 Å². The first kappa shape index (κ1) is 25.7. The third kappa shape index (κ3) is 4.72. The Labute approximate surface area is 225 Å². The minimum absolute atomic E-state index is 0.0684. The lowest BCUT2D eigenvalue weighted by atomic mass is 9.99. The van der Waals surface area contributed by atoms with E-state index in [9.17, 15) is 23.4 Å². The van der Waals surface area contributed by atoms with E-state index >= 15 is 0 Å². The highest BCUT2D eigenvalue weighted by Crippen LogP contribution is 2.39. The van der Waals surface area contributed by atoms with Gasteiger partial charge in [-0.15, -0.1) is 11.3 Å². The van der Waals surface area contributed by atoms with E-state index in [0.717, 1.165) is 9.78 Å². The van der Waals surface area contributed by atoms with Crippen molar-refractivity contribution in [3.8, 4) is 0 Å². The summed E-state index contributed by atoms with van der Waals surface area (Å²) in [4.78, 5) is 53.4. The molecule has 2 aliphatic heterocycles. The number of β-lactam (4-membered cyclic amide) rings is 1. The molecule has 3 aromatic rings. The highest BCUT2D eigenvalue weighted by molar-refractivity contribution is 7.86. The molecule has 5 rings (SSSR count). The standard InChI is InChI=1S/C28H24N2O6S2/c1-17-21(16-31)24(28(34)36-25(18-9-4-2-5-10-18)19-11-6-3-7-12-19)30-26(33)23(27(30)38(17)35)29-22(32)15-20-13-8-14-37-20/h2-14,16-17,23,25,27H,15H2,1H3,(H,29,32)/t17-,23?,27+,38?/m1/s1. The molecule has 194 valence electrons. The number of aldehydes is 1. The number of thiophene rings is 1. The molecule has 2 unspecified atom stereocenters. The number of ether oxygens (including phenoxy) is 1. The first-order valence-electron chi connectivity index (χ1n) is 11.9. The Hall–Kier alpha value is -3.89. The molecule has 2 aromatic carbocycles. The van der Waals surface area contributed by atoms with Crippen LogP contribution in [0.25, 0.3) is 0 Å². The Kier molecular flexibility index (Phi) is 7.35. The van der Waals surface area contributed by atoms with E-state index in [4.69, 9.17) is 4.74 Å². The number of hydrogen-bond acceptors (Lipinski definition) is 7. The number of hydrogen-bond donors (Lipinski definition) is 1. The average Bonchev–Trinajstić information content (AvgIpc) is 3.45. The molecule has 0 bridgehead atoms. The second kappa shape index (κ2) is 10.8. The van der Waals surface area contributed by atoms with Crippen LogP contribution in [0.2, 0.25) is 0 Å². The number of nitrogens with one attached hydrogen (secondary N) is 1. The summed E-state index contributed by atoms with van der Waals surface area (Å²) in [5.41, 5.74) is 1.11. The van der Waals surface area contributed by atoms with Gasteiger partial charge in [0.2, 0.25) is 5.91 Å². The fourth-order valence-electron chi connectivity index (χ4n) is 4.65. The van der Waals surface area contributed by atoms with E-state index in [1.165, 1.54) is 11.3 Å². The summed E-state index contributed by atoms with van der Waals surface area (Å²) in [6.45, 7) is 1.56. The van der Waals surface area contributed by atoms with Crippen LogP contribution in [0, 0.1) is 0 Å². The summed E-state index contributed by atoms with van der Waals surface area (Å²) in [6.07, 6.45) is -0.272. The topological polar surface area (TPSA) is 110 Å². The minimum atomic E-state index is -1.73. The monoisotopic (exact) mass is 548 g/mol. The van der Waals surface area contributed by atoms with Crippen LogP contribution in [0.15, 0.2) is 89.4 Å². The number of nitrogens with zero attached hydrogens (tertiary/aromatic N) is 1. The molecule has 10 heteroatoms. The Morgan fingerprint density at radius 3 is 2.24 bits per heavy atom. The van der Waals surface area contributed by atoms with Gasteiger partial charge in [-0.3, -0.25) is 23.5 Å². The number of carbonyl (C=O) groups excluding carboxylic acids is 4. The summed E-state index contributed by atoms with van der Waals surface area (Å²) in [5.74, 6) is -1.88. The number of amides is 2. The van der Waals surface area contributed by atoms with E-state index in [1.807, 2.05) is 78.2 Å². The molecule has 3 heterocycles. The van der Waals surface area contributed by atoms with E-state index < -0.39 is 51.4 Å². The molecule has 1 saturated heterocycles. The molecule has 0 radical (unpaired) electrons.